The first-order valence-electron chi connectivity index (χ1n) is 7.75. The molecule has 0 saturated carbocycles. The van der Waals surface area contributed by atoms with Crippen LogP contribution in [0, 0.1) is 0 Å². The highest BCUT2D eigenvalue weighted by Gasteiger charge is 2.34. The van der Waals surface area contributed by atoms with Crippen LogP contribution in [0.25, 0.3) is 0 Å². The van der Waals surface area contributed by atoms with Crippen molar-refractivity contribution < 1.29 is 19.1 Å². The van der Waals surface area contributed by atoms with Crippen LogP contribution in [0.15, 0.2) is 24.3 Å². The maximum Gasteiger partial charge on any atom is 0.248 e. The van der Waals surface area contributed by atoms with Crippen LogP contribution < -0.4 is 5.73 Å². The van der Waals surface area contributed by atoms with Crippen molar-refractivity contribution in [1.82, 2.24) is 4.90 Å². The Morgan fingerprint density at radius 2 is 2.04 bits per heavy atom. The van der Waals surface area contributed by atoms with E-state index in [1.807, 2.05) is 17.0 Å². The van der Waals surface area contributed by atoms with Gasteiger partial charge in [0.15, 0.2) is 0 Å². The largest absolute Gasteiger partial charge is 0.383 e. The molecule has 0 unspecified atom stereocenters. The number of hydrogen-bond donors (Lipinski definition) is 1. The van der Waals surface area contributed by atoms with Gasteiger partial charge in [0.25, 0.3) is 0 Å². The minimum absolute atomic E-state index is 0.0452. The molecule has 2 atom stereocenters. The molecule has 2 N–H and O–H groups in total. The highest BCUT2D eigenvalue weighted by molar-refractivity contribution is 5.94. The quantitative estimate of drug-likeness (QED) is 0.812. The molecular weight excluding hydrogens is 296 g/mol. The predicted octanol–water partition coefficient (Wildman–Crippen LogP) is 0.980. The van der Waals surface area contributed by atoms with E-state index in [0.29, 0.717) is 31.6 Å². The predicted molar refractivity (Wildman–Crippen MR) is 86.1 cm³/mol. The first-order valence-corrected chi connectivity index (χ1v) is 7.75. The fraction of sp³-hybridized carbons (Fsp3) is 0.529. The fourth-order valence-electron chi connectivity index (χ4n) is 3.06. The van der Waals surface area contributed by atoms with Gasteiger partial charge in [-0.2, -0.15) is 0 Å². The summed E-state index contributed by atoms with van der Waals surface area (Å²) < 4.78 is 10.6. The Balaban J connectivity index is 2.00. The topological polar surface area (TPSA) is 81.9 Å². The Labute approximate surface area is 136 Å². The second-order valence-electron chi connectivity index (χ2n) is 5.77. The number of primary amides is 1. The third-order valence-corrected chi connectivity index (χ3v) is 4.28. The van der Waals surface area contributed by atoms with Gasteiger partial charge in [-0.3, -0.25) is 9.59 Å². The number of nitrogens with two attached hydrogens (primary N) is 1. The molecule has 6 nitrogen and oxygen atoms in total. The van der Waals surface area contributed by atoms with Crippen molar-refractivity contribution in [2.75, 3.05) is 27.4 Å². The summed E-state index contributed by atoms with van der Waals surface area (Å²) in [5.41, 5.74) is 6.66. The van der Waals surface area contributed by atoms with Gasteiger partial charge in [0.2, 0.25) is 11.8 Å². The number of hydrogen-bond acceptors (Lipinski definition) is 4. The summed E-state index contributed by atoms with van der Waals surface area (Å²) in [4.78, 5) is 25.8. The molecule has 0 aromatic heterocycles. The average Bonchev–Trinajstić information content (AvgIpc) is 2.96. The minimum Gasteiger partial charge on any atom is -0.383 e. The second-order valence-corrected chi connectivity index (χ2v) is 5.77. The lowest BCUT2D eigenvalue weighted by Crippen LogP contribution is -2.38. The number of amides is 2. The maximum absolute atomic E-state index is 12.5. The fourth-order valence-corrected chi connectivity index (χ4v) is 3.06. The van der Waals surface area contributed by atoms with Crippen molar-refractivity contribution in [3.05, 3.63) is 35.4 Å². The molecule has 0 radical (unpaired) electrons. The molecule has 1 saturated heterocycles. The van der Waals surface area contributed by atoms with E-state index in [9.17, 15) is 9.59 Å². The van der Waals surface area contributed by atoms with Crippen molar-refractivity contribution in [2.24, 2.45) is 5.73 Å². The second kappa shape index (κ2) is 8.08. The average molecular weight is 320 g/mol. The van der Waals surface area contributed by atoms with E-state index in [1.54, 1.807) is 26.4 Å². The standard InChI is InChI=1S/C17H24N2O4/c1-22-11-13-9-14(23-2)10-19(13)16(20)8-7-12-5-3-4-6-15(12)17(18)21/h3-6,13-14H,7-11H2,1-2H3,(H2,18,21)/t13-,14+/m0/s1. The highest BCUT2D eigenvalue weighted by Crippen LogP contribution is 2.22. The molecule has 1 fully saturated rings. The Kier molecular flexibility index (Phi) is 6.12. The Morgan fingerprint density at radius 1 is 1.30 bits per heavy atom. The number of benzene rings is 1. The number of aryl methyl sites for hydroxylation is 1. The molecule has 0 aliphatic carbocycles. The third kappa shape index (κ3) is 4.30. The summed E-state index contributed by atoms with van der Waals surface area (Å²) in [5.74, 6) is -0.420. The van der Waals surface area contributed by atoms with Crippen LogP contribution in [0.4, 0.5) is 0 Å². The van der Waals surface area contributed by atoms with Gasteiger partial charge >= 0.3 is 0 Å². The Bertz CT molecular complexity index is 561. The van der Waals surface area contributed by atoms with Crippen molar-refractivity contribution in [2.45, 2.75) is 31.4 Å². The van der Waals surface area contributed by atoms with Crippen LogP contribution in [0.2, 0.25) is 0 Å². The van der Waals surface area contributed by atoms with Gasteiger partial charge in [0, 0.05) is 32.7 Å². The number of carbonyl (C=O) groups is 2. The summed E-state index contributed by atoms with van der Waals surface area (Å²) in [6.45, 7) is 1.09. The third-order valence-electron chi connectivity index (χ3n) is 4.28. The lowest BCUT2D eigenvalue weighted by Gasteiger charge is -2.24. The number of carbonyl (C=O) groups excluding carboxylic acids is 2. The van der Waals surface area contributed by atoms with Crippen LogP contribution in [0.3, 0.4) is 0 Å². The first kappa shape index (κ1) is 17.4. The molecule has 0 spiro atoms. The van der Waals surface area contributed by atoms with Crippen molar-refractivity contribution >= 4 is 11.8 Å². The zero-order valence-corrected chi connectivity index (χ0v) is 13.7. The zero-order chi connectivity index (χ0) is 16.8. The molecule has 126 valence electrons. The summed E-state index contributed by atoms with van der Waals surface area (Å²) >= 11 is 0. The van der Waals surface area contributed by atoms with Crippen molar-refractivity contribution in [3.63, 3.8) is 0 Å². The van der Waals surface area contributed by atoms with Gasteiger partial charge in [-0.15, -0.1) is 0 Å². The summed E-state index contributed by atoms with van der Waals surface area (Å²) in [5, 5.41) is 0. The van der Waals surface area contributed by atoms with Crippen LogP contribution >= 0.6 is 0 Å². The van der Waals surface area contributed by atoms with Crippen LogP contribution in [-0.4, -0.2) is 56.2 Å². The van der Waals surface area contributed by atoms with Gasteiger partial charge in [0.05, 0.1) is 18.8 Å². The van der Waals surface area contributed by atoms with E-state index in [1.165, 1.54) is 0 Å². The molecule has 2 rings (SSSR count). The van der Waals surface area contributed by atoms with Gasteiger partial charge in [-0.25, -0.2) is 0 Å². The summed E-state index contributed by atoms with van der Waals surface area (Å²) in [6, 6.07) is 7.18. The normalized spacial score (nSPS) is 20.7. The number of rotatable bonds is 7. The summed E-state index contributed by atoms with van der Waals surface area (Å²) in [7, 11) is 3.29. The lowest BCUT2D eigenvalue weighted by molar-refractivity contribution is -0.133. The number of ether oxygens (including phenoxy) is 2. The number of nitrogens with zero attached hydrogens (tertiary/aromatic N) is 1. The number of methoxy groups -OCH3 is 2. The number of likely N-dealkylation sites (tertiary alicyclic amines) is 1. The lowest BCUT2D eigenvalue weighted by atomic mass is 10.0. The molecular formula is C17H24N2O4. The molecule has 23 heavy (non-hydrogen) atoms. The molecule has 1 aromatic rings. The minimum atomic E-state index is -0.467. The first-order chi connectivity index (χ1) is 11.1. The molecule has 6 heteroatoms. The maximum atomic E-state index is 12.5. The van der Waals surface area contributed by atoms with Crippen molar-refractivity contribution in [1.29, 1.82) is 0 Å². The molecule has 1 aliphatic heterocycles. The van der Waals surface area contributed by atoms with E-state index in [0.717, 1.165) is 12.0 Å². The van der Waals surface area contributed by atoms with Gasteiger partial charge in [0.1, 0.15) is 0 Å². The molecule has 1 aromatic carbocycles. The molecule has 0 bridgehead atoms. The van der Waals surface area contributed by atoms with E-state index in [4.69, 9.17) is 15.2 Å². The van der Waals surface area contributed by atoms with Gasteiger partial charge < -0.3 is 20.1 Å². The highest BCUT2D eigenvalue weighted by atomic mass is 16.5. The summed E-state index contributed by atoms with van der Waals surface area (Å²) in [6.07, 6.45) is 1.66. The van der Waals surface area contributed by atoms with Gasteiger partial charge in [-0.1, -0.05) is 18.2 Å². The molecule has 1 heterocycles. The van der Waals surface area contributed by atoms with Crippen LogP contribution in [-0.2, 0) is 20.7 Å². The van der Waals surface area contributed by atoms with E-state index < -0.39 is 5.91 Å². The van der Waals surface area contributed by atoms with E-state index >= 15 is 0 Å². The Hall–Kier alpha value is -1.92. The zero-order valence-electron chi connectivity index (χ0n) is 13.7. The Morgan fingerprint density at radius 3 is 2.70 bits per heavy atom. The molecule has 1 aliphatic rings. The van der Waals surface area contributed by atoms with E-state index in [-0.39, 0.29) is 18.1 Å². The van der Waals surface area contributed by atoms with Crippen molar-refractivity contribution in [3.8, 4) is 0 Å². The smallest absolute Gasteiger partial charge is 0.248 e. The van der Waals surface area contributed by atoms with Gasteiger partial charge in [-0.05, 0) is 24.5 Å². The van der Waals surface area contributed by atoms with Crippen LogP contribution in [0.1, 0.15) is 28.8 Å². The molecule has 2 amide bonds. The van der Waals surface area contributed by atoms with Crippen LogP contribution in [0.5, 0.6) is 0 Å². The monoisotopic (exact) mass is 320 g/mol. The van der Waals surface area contributed by atoms with E-state index in [2.05, 4.69) is 0 Å². The SMILES string of the molecule is COC[C@@H]1C[C@@H](OC)CN1C(=O)CCc1ccccc1C(N)=O.